The van der Waals surface area contributed by atoms with Crippen LogP contribution in [0.15, 0.2) is 6.07 Å². The van der Waals surface area contributed by atoms with Gasteiger partial charge in [0.1, 0.15) is 0 Å². The highest BCUT2D eigenvalue weighted by Gasteiger charge is 2.25. The zero-order valence-corrected chi connectivity index (χ0v) is 13.7. The van der Waals surface area contributed by atoms with Crippen LogP contribution < -0.4 is 5.32 Å². The predicted octanol–water partition coefficient (Wildman–Crippen LogP) is 2.76. The maximum Gasteiger partial charge on any atom is 0.222 e. The van der Waals surface area contributed by atoms with Gasteiger partial charge in [-0.25, -0.2) is 0 Å². The highest BCUT2D eigenvalue weighted by Crippen LogP contribution is 2.23. The van der Waals surface area contributed by atoms with Crippen LogP contribution in [-0.4, -0.2) is 37.5 Å². The molecule has 112 valence electrons. The molecule has 0 aliphatic carbocycles. The van der Waals surface area contributed by atoms with Crippen LogP contribution in [0.3, 0.4) is 0 Å². The minimum Gasteiger partial charge on any atom is -0.342 e. The van der Waals surface area contributed by atoms with E-state index in [1.54, 1.807) is 0 Å². The Hall–Kier alpha value is -0.870. The normalized spacial score (nSPS) is 18.8. The Morgan fingerprint density at radius 2 is 2.30 bits per heavy atom. The third kappa shape index (κ3) is 4.06. The number of nitrogens with zero attached hydrogens (tertiary/aromatic N) is 1. The average Bonchev–Trinajstić information content (AvgIpc) is 2.97. The van der Waals surface area contributed by atoms with Crippen molar-refractivity contribution in [3.8, 4) is 0 Å². The first-order valence-electron chi connectivity index (χ1n) is 7.58. The fraction of sp³-hybridized carbons (Fsp3) is 0.688. The molecule has 4 heteroatoms. The van der Waals surface area contributed by atoms with Gasteiger partial charge in [0.15, 0.2) is 0 Å². The SMILES string of the molecule is CNCC1CCN(C(=O)CCCc2cc(C)sc2C)C1. The molecule has 1 N–H and O–H groups in total. The Balaban J connectivity index is 1.72. The van der Waals surface area contributed by atoms with Crippen molar-refractivity contribution >= 4 is 17.2 Å². The summed E-state index contributed by atoms with van der Waals surface area (Å²) in [4.78, 5) is 17.0. The molecule has 1 saturated heterocycles. The van der Waals surface area contributed by atoms with Crippen molar-refractivity contribution in [2.24, 2.45) is 5.92 Å². The molecule has 20 heavy (non-hydrogen) atoms. The third-order valence-corrected chi connectivity index (χ3v) is 5.12. The van der Waals surface area contributed by atoms with Crippen molar-refractivity contribution in [2.75, 3.05) is 26.7 Å². The zero-order valence-electron chi connectivity index (χ0n) is 12.9. The van der Waals surface area contributed by atoms with Gasteiger partial charge >= 0.3 is 0 Å². The lowest BCUT2D eigenvalue weighted by molar-refractivity contribution is -0.130. The number of likely N-dealkylation sites (tertiary alicyclic amines) is 1. The molecule has 1 unspecified atom stereocenters. The maximum absolute atomic E-state index is 12.2. The van der Waals surface area contributed by atoms with E-state index in [1.807, 2.05) is 23.3 Å². The molecule has 0 radical (unpaired) electrons. The van der Waals surface area contributed by atoms with Crippen molar-refractivity contribution in [3.05, 3.63) is 21.4 Å². The summed E-state index contributed by atoms with van der Waals surface area (Å²) < 4.78 is 0. The molecule has 1 aromatic heterocycles. The molecule has 1 aliphatic heterocycles. The molecule has 1 aromatic rings. The van der Waals surface area contributed by atoms with E-state index in [0.29, 0.717) is 18.2 Å². The molecular formula is C16H26N2OS. The molecule has 0 bridgehead atoms. The maximum atomic E-state index is 12.2. The average molecular weight is 294 g/mol. The van der Waals surface area contributed by atoms with Crippen molar-refractivity contribution < 1.29 is 4.79 Å². The number of rotatable bonds is 6. The molecule has 1 aliphatic rings. The fourth-order valence-corrected chi connectivity index (χ4v) is 4.01. The summed E-state index contributed by atoms with van der Waals surface area (Å²) in [5, 5.41) is 3.21. The quantitative estimate of drug-likeness (QED) is 0.875. The number of thiophene rings is 1. The van der Waals surface area contributed by atoms with Crippen LogP contribution in [-0.2, 0) is 11.2 Å². The summed E-state index contributed by atoms with van der Waals surface area (Å²) in [6.07, 6.45) is 3.86. The van der Waals surface area contributed by atoms with E-state index in [2.05, 4.69) is 25.2 Å². The third-order valence-electron chi connectivity index (χ3n) is 4.11. The lowest BCUT2D eigenvalue weighted by Gasteiger charge is -2.16. The minimum absolute atomic E-state index is 0.341. The Kier molecular flexibility index (Phi) is 5.61. The summed E-state index contributed by atoms with van der Waals surface area (Å²) in [5.74, 6) is 0.985. The van der Waals surface area contributed by atoms with E-state index < -0.39 is 0 Å². The van der Waals surface area contributed by atoms with Gasteiger partial charge in [0.05, 0.1) is 0 Å². The second kappa shape index (κ2) is 7.23. The van der Waals surface area contributed by atoms with Gasteiger partial charge in [-0.3, -0.25) is 4.79 Å². The van der Waals surface area contributed by atoms with Crippen LogP contribution in [0.25, 0.3) is 0 Å². The van der Waals surface area contributed by atoms with Crippen molar-refractivity contribution in [1.29, 1.82) is 0 Å². The summed E-state index contributed by atoms with van der Waals surface area (Å²) in [6.45, 7) is 7.24. The van der Waals surface area contributed by atoms with Crippen LogP contribution in [0.1, 0.15) is 34.6 Å². The molecule has 2 rings (SSSR count). The van der Waals surface area contributed by atoms with E-state index in [0.717, 1.165) is 38.9 Å². The van der Waals surface area contributed by atoms with Crippen LogP contribution in [0, 0.1) is 19.8 Å². The van der Waals surface area contributed by atoms with Gasteiger partial charge in [0.25, 0.3) is 0 Å². The predicted molar refractivity (Wildman–Crippen MR) is 85.3 cm³/mol. The summed E-state index contributed by atoms with van der Waals surface area (Å²) >= 11 is 1.86. The van der Waals surface area contributed by atoms with Gasteiger partial charge in [-0.1, -0.05) is 0 Å². The van der Waals surface area contributed by atoms with Crippen LogP contribution >= 0.6 is 11.3 Å². The molecule has 0 spiro atoms. The highest BCUT2D eigenvalue weighted by atomic mass is 32.1. The van der Waals surface area contributed by atoms with Crippen LogP contribution in [0.4, 0.5) is 0 Å². The van der Waals surface area contributed by atoms with Crippen molar-refractivity contribution in [3.63, 3.8) is 0 Å². The summed E-state index contributed by atoms with van der Waals surface area (Å²) in [7, 11) is 1.98. The van der Waals surface area contributed by atoms with Crippen LogP contribution in [0.5, 0.6) is 0 Å². The Morgan fingerprint density at radius 1 is 1.50 bits per heavy atom. The van der Waals surface area contributed by atoms with E-state index in [1.165, 1.54) is 15.3 Å². The van der Waals surface area contributed by atoms with Gasteiger partial charge in [0, 0.05) is 29.3 Å². The monoisotopic (exact) mass is 294 g/mol. The molecule has 1 atom stereocenters. The largest absolute Gasteiger partial charge is 0.342 e. The zero-order chi connectivity index (χ0) is 14.5. The molecule has 1 amide bonds. The van der Waals surface area contributed by atoms with Gasteiger partial charge < -0.3 is 10.2 Å². The van der Waals surface area contributed by atoms with Gasteiger partial charge in [-0.05, 0) is 64.3 Å². The van der Waals surface area contributed by atoms with Gasteiger partial charge in [-0.2, -0.15) is 0 Å². The minimum atomic E-state index is 0.341. The molecule has 0 aromatic carbocycles. The topological polar surface area (TPSA) is 32.3 Å². The number of carbonyl (C=O) groups is 1. The Bertz CT molecular complexity index is 455. The van der Waals surface area contributed by atoms with Gasteiger partial charge in [-0.15, -0.1) is 11.3 Å². The summed E-state index contributed by atoms with van der Waals surface area (Å²) in [5.41, 5.74) is 1.43. The first-order valence-corrected chi connectivity index (χ1v) is 8.40. The first kappa shape index (κ1) is 15.5. The van der Waals surface area contributed by atoms with E-state index in [4.69, 9.17) is 0 Å². The molecule has 0 saturated carbocycles. The second-order valence-corrected chi connectivity index (χ2v) is 7.30. The number of nitrogens with one attached hydrogen (secondary N) is 1. The molecule has 3 nitrogen and oxygen atoms in total. The van der Waals surface area contributed by atoms with E-state index in [9.17, 15) is 4.79 Å². The Morgan fingerprint density at radius 3 is 2.95 bits per heavy atom. The molecule has 2 heterocycles. The highest BCUT2D eigenvalue weighted by molar-refractivity contribution is 7.12. The number of carbonyl (C=O) groups excluding carboxylic acids is 1. The number of hydrogen-bond donors (Lipinski definition) is 1. The summed E-state index contributed by atoms with van der Waals surface area (Å²) in [6, 6.07) is 2.27. The standard InChI is InChI=1S/C16H26N2OS/c1-12-9-15(13(2)20-12)5-4-6-16(19)18-8-7-14(11-18)10-17-3/h9,14,17H,4-8,10-11H2,1-3H3. The Labute approximate surface area is 126 Å². The smallest absolute Gasteiger partial charge is 0.222 e. The number of hydrogen-bond acceptors (Lipinski definition) is 3. The number of aryl methyl sites for hydroxylation is 3. The lowest BCUT2D eigenvalue weighted by Crippen LogP contribution is -2.30. The fourth-order valence-electron chi connectivity index (χ4n) is 3.03. The second-order valence-electron chi connectivity index (χ2n) is 5.84. The van der Waals surface area contributed by atoms with Crippen molar-refractivity contribution in [1.82, 2.24) is 10.2 Å². The first-order chi connectivity index (χ1) is 9.60. The molecule has 1 fully saturated rings. The molecular weight excluding hydrogens is 268 g/mol. The van der Waals surface area contributed by atoms with Crippen molar-refractivity contribution in [2.45, 2.75) is 39.5 Å². The van der Waals surface area contributed by atoms with Gasteiger partial charge in [0.2, 0.25) is 5.91 Å². The lowest BCUT2D eigenvalue weighted by atomic mass is 10.1. The van der Waals surface area contributed by atoms with E-state index >= 15 is 0 Å². The van der Waals surface area contributed by atoms with Crippen LogP contribution in [0.2, 0.25) is 0 Å². The van der Waals surface area contributed by atoms with E-state index in [-0.39, 0.29) is 0 Å². The number of amides is 1.